The minimum absolute atomic E-state index is 0.00527. The van der Waals surface area contributed by atoms with E-state index in [1.54, 1.807) is 12.3 Å². The Bertz CT molecular complexity index is 1580. The molecule has 46 heavy (non-hydrogen) atoms. The Labute approximate surface area is 275 Å². The highest BCUT2D eigenvalue weighted by Crippen LogP contribution is 2.81. The summed E-state index contributed by atoms with van der Waals surface area (Å²) in [6.07, 6.45) is 23.9. The van der Waals surface area contributed by atoms with Gasteiger partial charge in [-0.15, -0.1) is 0 Å². The van der Waals surface area contributed by atoms with Gasteiger partial charge in [-0.3, -0.25) is 9.59 Å². The van der Waals surface area contributed by atoms with Crippen LogP contribution in [0.25, 0.3) is 0 Å². The molecule has 7 rings (SSSR count). The predicted octanol–water partition coefficient (Wildman–Crippen LogP) is 9.93. The highest BCUT2D eigenvalue weighted by Gasteiger charge is 2.87. The fourth-order valence-electron chi connectivity index (χ4n) is 10.6. The molecule has 5 aliphatic carbocycles. The number of carbonyl (C=O) groups excluding carboxylic acids is 2. The molecule has 1 N–H and O–H groups in total. The standard InChI is InChI=1S/C26H30O5.C15H24/c1-22(2)17(27)7-9-23(3)16-6-10-24(4)15(14-8-11-30-13-14)12-18-26(24,31-18)25(16,5)21(29)19(28)20(22)23;1-13-7-5-8-14(2)10-12-15(3,4)11-6-9-13/h7-9,11,13,15-16,18,28H,6,10,12H2,1-5H3;6-7,10-11H,5,8-9,12H2,1-4H3. The summed E-state index contributed by atoms with van der Waals surface area (Å²) in [4.78, 5) is 26.7. The molecular weight excluding hydrogens is 572 g/mol. The van der Waals surface area contributed by atoms with Gasteiger partial charge in [0.15, 0.2) is 11.5 Å². The van der Waals surface area contributed by atoms with Crippen LogP contribution < -0.4 is 0 Å². The molecule has 1 aromatic rings. The molecule has 1 aromatic heterocycles. The summed E-state index contributed by atoms with van der Waals surface area (Å²) < 4.78 is 11.9. The van der Waals surface area contributed by atoms with Gasteiger partial charge in [0, 0.05) is 10.8 Å². The van der Waals surface area contributed by atoms with Crippen molar-refractivity contribution in [1.82, 2.24) is 0 Å². The average Bonchev–Trinajstić information content (AvgIpc) is 3.34. The maximum absolute atomic E-state index is 14.0. The van der Waals surface area contributed by atoms with E-state index in [2.05, 4.69) is 65.8 Å². The van der Waals surface area contributed by atoms with Gasteiger partial charge in [-0.1, -0.05) is 69.2 Å². The Balaban J connectivity index is 0.000000210. The number of allylic oxidation sites excluding steroid dienone is 10. The van der Waals surface area contributed by atoms with Gasteiger partial charge in [-0.2, -0.15) is 0 Å². The molecule has 5 heteroatoms. The Hall–Kier alpha value is -2.92. The average molecular weight is 627 g/mol. The number of hydrogen-bond acceptors (Lipinski definition) is 5. The van der Waals surface area contributed by atoms with E-state index in [0.29, 0.717) is 11.0 Å². The van der Waals surface area contributed by atoms with E-state index in [1.807, 2.05) is 39.2 Å². The monoisotopic (exact) mass is 626 g/mol. The highest BCUT2D eigenvalue weighted by atomic mass is 16.6. The van der Waals surface area contributed by atoms with Crippen LogP contribution >= 0.6 is 0 Å². The van der Waals surface area contributed by atoms with Crippen LogP contribution in [-0.4, -0.2) is 28.4 Å². The molecule has 0 radical (unpaired) electrons. The van der Waals surface area contributed by atoms with Gasteiger partial charge < -0.3 is 14.3 Å². The van der Waals surface area contributed by atoms with E-state index >= 15 is 0 Å². The van der Waals surface area contributed by atoms with Crippen molar-refractivity contribution < 1.29 is 23.8 Å². The first-order chi connectivity index (χ1) is 21.5. The van der Waals surface area contributed by atoms with E-state index in [0.717, 1.165) is 32.1 Å². The van der Waals surface area contributed by atoms with Crippen molar-refractivity contribution >= 4 is 11.6 Å². The number of ketones is 2. The number of hydrogen-bond donors (Lipinski definition) is 1. The molecule has 6 aliphatic rings. The molecule has 3 fully saturated rings. The number of ether oxygens (including phenoxy) is 1. The van der Waals surface area contributed by atoms with E-state index < -0.39 is 21.8 Å². The third-order valence-electron chi connectivity index (χ3n) is 13.2. The molecule has 0 aromatic carbocycles. The lowest BCUT2D eigenvalue weighted by molar-refractivity contribution is -0.162. The van der Waals surface area contributed by atoms with Crippen molar-refractivity contribution in [3.63, 3.8) is 0 Å². The molecule has 7 unspecified atom stereocenters. The number of furan rings is 1. The second-order valence-corrected chi connectivity index (χ2v) is 17.0. The van der Waals surface area contributed by atoms with Crippen molar-refractivity contribution in [2.75, 3.05) is 0 Å². The lowest BCUT2D eigenvalue weighted by Gasteiger charge is -2.62. The lowest BCUT2D eigenvalue weighted by Crippen LogP contribution is -2.66. The van der Waals surface area contributed by atoms with Gasteiger partial charge >= 0.3 is 0 Å². The first-order valence-corrected chi connectivity index (χ1v) is 17.4. The third kappa shape index (κ3) is 4.58. The molecule has 1 aliphatic heterocycles. The van der Waals surface area contributed by atoms with Crippen LogP contribution in [0.1, 0.15) is 119 Å². The number of rotatable bonds is 1. The largest absolute Gasteiger partial charge is 0.504 e. The summed E-state index contributed by atoms with van der Waals surface area (Å²) in [5, 5.41) is 11.4. The fraction of sp³-hybridized carbons (Fsp3) is 0.610. The van der Waals surface area contributed by atoms with Crippen LogP contribution in [-0.2, 0) is 14.3 Å². The second kappa shape index (κ2) is 10.8. The highest BCUT2D eigenvalue weighted by molar-refractivity contribution is 6.06. The van der Waals surface area contributed by atoms with Crippen LogP contribution in [0, 0.1) is 33.0 Å². The molecule has 1 saturated heterocycles. The quantitative estimate of drug-likeness (QED) is 0.248. The molecular formula is C41H54O5. The number of carbonyl (C=O) groups is 2. The predicted molar refractivity (Wildman–Crippen MR) is 182 cm³/mol. The molecule has 7 atom stereocenters. The molecule has 5 nitrogen and oxygen atoms in total. The minimum Gasteiger partial charge on any atom is -0.504 e. The van der Waals surface area contributed by atoms with Gasteiger partial charge in [0.25, 0.3) is 0 Å². The topological polar surface area (TPSA) is 80.0 Å². The van der Waals surface area contributed by atoms with Crippen LogP contribution in [0.3, 0.4) is 0 Å². The van der Waals surface area contributed by atoms with Crippen molar-refractivity contribution in [2.24, 2.45) is 33.0 Å². The van der Waals surface area contributed by atoms with Crippen LogP contribution in [0.15, 0.2) is 81.9 Å². The maximum atomic E-state index is 14.0. The zero-order chi connectivity index (χ0) is 33.5. The Morgan fingerprint density at radius 2 is 1.70 bits per heavy atom. The Kier molecular flexibility index (Phi) is 7.75. The fourth-order valence-corrected chi connectivity index (χ4v) is 10.6. The number of Topliss-reactive ketones (excluding diaryl/α,β-unsaturated/α-hetero) is 1. The van der Waals surface area contributed by atoms with E-state index in [1.165, 1.54) is 29.6 Å². The maximum Gasteiger partial charge on any atom is 0.206 e. The van der Waals surface area contributed by atoms with E-state index in [9.17, 15) is 14.7 Å². The molecule has 2 heterocycles. The zero-order valence-electron chi connectivity index (χ0n) is 29.5. The van der Waals surface area contributed by atoms with Crippen LogP contribution in [0.4, 0.5) is 0 Å². The molecule has 0 bridgehead atoms. The summed E-state index contributed by atoms with van der Waals surface area (Å²) in [5.74, 6) is -0.312. The zero-order valence-corrected chi connectivity index (χ0v) is 29.5. The number of fused-ring (bicyclic) bond motifs is 3. The van der Waals surface area contributed by atoms with Crippen LogP contribution in [0.2, 0.25) is 0 Å². The molecule has 248 valence electrons. The molecule has 1 spiro atoms. The lowest BCUT2D eigenvalue weighted by atomic mass is 9.39. The van der Waals surface area contributed by atoms with Crippen LogP contribution in [0.5, 0.6) is 0 Å². The second-order valence-electron chi connectivity index (χ2n) is 17.0. The number of aliphatic hydroxyl groups excluding tert-OH is 1. The summed E-state index contributed by atoms with van der Waals surface area (Å²) in [6, 6.07) is 2.03. The third-order valence-corrected chi connectivity index (χ3v) is 13.2. The normalized spacial score (nSPS) is 40.7. The van der Waals surface area contributed by atoms with E-state index in [4.69, 9.17) is 9.15 Å². The summed E-state index contributed by atoms with van der Waals surface area (Å²) >= 11 is 0. The van der Waals surface area contributed by atoms with Gasteiger partial charge in [0.05, 0.1) is 29.5 Å². The Morgan fingerprint density at radius 1 is 0.957 bits per heavy atom. The summed E-state index contributed by atoms with van der Waals surface area (Å²) in [5.41, 5.74) is 1.94. The Morgan fingerprint density at radius 3 is 2.39 bits per heavy atom. The van der Waals surface area contributed by atoms with E-state index in [-0.39, 0.29) is 40.7 Å². The molecule has 0 amide bonds. The SMILES string of the molecule is CC1(C)C(=O)C=CC2(C)C1=C(O)C(=O)C1(C)C2CCC2(C)C(c3ccoc3)CC3OC321.CC1=CCCC(C)=CCC(C)(C)C=CC1. The smallest absolute Gasteiger partial charge is 0.206 e. The van der Waals surface area contributed by atoms with Crippen molar-refractivity contribution in [3.8, 4) is 0 Å². The van der Waals surface area contributed by atoms with Gasteiger partial charge in [-0.25, -0.2) is 0 Å². The summed E-state index contributed by atoms with van der Waals surface area (Å²) in [6.45, 7) is 19.1. The minimum atomic E-state index is -0.901. The summed E-state index contributed by atoms with van der Waals surface area (Å²) in [7, 11) is 0. The first kappa shape index (κ1) is 33.0. The van der Waals surface area contributed by atoms with Gasteiger partial charge in [0.1, 0.15) is 5.60 Å². The van der Waals surface area contributed by atoms with Gasteiger partial charge in [-0.05, 0) is 120 Å². The van der Waals surface area contributed by atoms with Crippen molar-refractivity contribution in [1.29, 1.82) is 0 Å². The number of aliphatic hydroxyl groups is 1. The van der Waals surface area contributed by atoms with Crippen molar-refractivity contribution in [3.05, 3.63) is 83.1 Å². The van der Waals surface area contributed by atoms with Gasteiger partial charge in [0.2, 0.25) is 5.78 Å². The van der Waals surface area contributed by atoms with Crippen molar-refractivity contribution in [2.45, 2.75) is 125 Å². The number of epoxide rings is 1. The molecule has 2 saturated carbocycles. The first-order valence-electron chi connectivity index (χ1n) is 17.4.